The Labute approximate surface area is 273 Å². The fourth-order valence-corrected chi connectivity index (χ4v) is 7.15. The molecule has 1 aliphatic rings. The lowest BCUT2D eigenvalue weighted by molar-refractivity contribution is -0.140. The van der Waals surface area contributed by atoms with Crippen LogP contribution < -0.4 is 9.64 Å². The molecule has 0 radical (unpaired) electrons. The minimum atomic E-state index is -5.16. The fourth-order valence-electron chi connectivity index (χ4n) is 6.02. The quantitative estimate of drug-likeness (QED) is 0.172. The first kappa shape index (κ1) is 33.3. The maximum atomic E-state index is 15.9. The number of likely N-dealkylation sites (N-methyl/N-ethyl adjacent to an activating group) is 1. The third-order valence-corrected chi connectivity index (χ3v) is 9.76. The van der Waals surface area contributed by atoms with Crippen LogP contribution in [-0.4, -0.2) is 58.4 Å². The van der Waals surface area contributed by atoms with Crippen LogP contribution in [0.5, 0.6) is 5.75 Å². The van der Waals surface area contributed by atoms with Gasteiger partial charge in [0, 0.05) is 44.5 Å². The average Bonchev–Trinajstić information content (AvgIpc) is 3.39. The topological polar surface area (TPSA) is 93.4 Å². The number of rotatable bonds is 8. The van der Waals surface area contributed by atoms with Gasteiger partial charge in [-0.05, 0) is 30.0 Å². The van der Waals surface area contributed by atoms with Gasteiger partial charge in [0.1, 0.15) is 12.3 Å². The van der Waals surface area contributed by atoms with E-state index in [1.54, 1.807) is 42.3 Å². The minimum Gasteiger partial charge on any atom is -0.483 e. The SMILES string of the molecule is CN(c1ncc2c(-c3cc(C(F)(F)F)c(F)c(OCc4ccccc4)c3F)nn(C)c2n1)[C@H]1CC[C@@H](c2ccccc2)N(S(C)(=O)=O)C1. The van der Waals surface area contributed by atoms with Crippen molar-refractivity contribution in [2.45, 2.75) is 37.7 Å². The number of sulfonamides is 1. The Morgan fingerprint density at radius 1 is 1.00 bits per heavy atom. The van der Waals surface area contributed by atoms with Crippen LogP contribution in [0.25, 0.3) is 22.3 Å². The van der Waals surface area contributed by atoms with Gasteiger partial charge in [-0.3, -0.25) is 0 Å². The molecule has 48 heavy (non-hydrogen) atoms. The van der Waals surface area contributed by atoms with E-state index in [0.717, 1.165) is 5.56 Å². The number of aromatic nitrogens is 4. The molecule has 6 rings (SSSR count). The van der Waals surface area contributed by atoms with Gasteiger partial charge >= 0.3 is 6.18 Å². The van der Waals surface area contributed by atoms with Crippen LogP contribution in [0.3, 0.4) is 0 Å². The summed E-state index contributed by atoms with van der Waals surface area (Å²) >= 11 is 0. The van der Waals surface area contributed by atoms with E-state index in [9.17, 15) is 21.6 Å². The van der Waals surface area contributed by atoms with E-state index in [4.69, 9.17) is 4.74 Å². The molecule has 15 heteroatoms. The van der Waals surface area contributed by atoms with Crippen molar-refractivity contribution in [2.75, 3.05) is 24.7 Å². The van der Waals surface area contributed by atoms with E-state index in [1.807, 2.05) is 30.3 Å². The first-order valence-corrected chi connectivity index (χ1v) is 16.8. The molecule has 0 aliphatic carbocycles. The lowest BCUT2D eigenvalue weighted by atomic mass is 9.94. The van der Waals surface area contributed by atoms with Gasteiger partial charge in [0.2, 0.25) is 16.0 Å². The summed E-state index contributed by atoms with van der Waals surface area (Å²) in [4.78, 5) is 10.7. The molecule has 9 nitrogen and oxygen atoms in total. The number of hydrogen-bond donors (Lipinski definition) is 0. The highest BCUT2D eigenvalue weighted by atomic mass is 32.2. The molecule has 0 amide bonds. The number of anilines is 1. The molecule has 5 aromatic rings. The molecule has 3 aromatic carbocycles. The second kappa shape index (κ2) is 12.8. The zero-order valence-corrected chi connectivity index (χ0v) is 26.9. The molecule has 3 heterocycles. The summed E-state index contributed by atoms with van der Waals surface area (Å²) in [5.41, 5.74) is -1.02. The summed E-state index contributed by atoms with van der Waals surface area (Å²) in [6.07, 6.45) is -1.52. The Balaban J connectivity index is 1.34. The number of aryl methyl sites for hydroxylation is 1. The molecule has 0 unspecified atom stereocenters. The second-order valence-corrected chi connectivity index (χ2v) is 13.6. The highest BCUT2D eigenvalue weighted by molar-refractivity contribution is 7.88. The monoisotopic (exact) mass is 686 g/mol. The number of alkyl halides is 3. The number of fused-ring (bicyclic) bond motifs is 1. The van der Waals surface area contributed by atoms with Gasteiger partial charge in [-0.15, -0.1) is 0 Å². The van der Waals surface area contributed by atoms with E-state index >= 15 is 8.78 Å². The van der Waals surface area contributed by atoms with Crippen LogP contribution in [0.15, 0.2) is 72.9 Å². The molecule has 1 fully saturated rings. The van der Waals surface area contributed by atoms with Gasteiger partial charge in [-0.1, -0.05) is 60.7 Å². The predicted octanol–water partition coefficient (Wildman–Crippen LogP) is 6.51. The van der Waals surface area contributed by atoms with Crippen molar-refractivity contribution in [1.82, 2.24) is 24.1 Å². The zero-order valence-electron chi connectivity index (χ0n) is 26.1. The standard InChI is InChI=1S/C33H31F5N6O3S/c1-42(22-14-15-26(21-12-8-5-9-13-21)44(18-22)48(3,45)46)32-39-17-24-29(41-43(2)31(24)40-32)23-16-25(33(36,37)38)28(35)30(27(23)34)47-19-20-10-6-4-7-11-20/h4-13,16-17,22,26H,14-15,18-19H2,1-3H3/t22-,26-/m0/s1. The number of benzene rings is 3. The number of halogens is 5. The summed E-state index contributed by atoms with van der Waals surface area (Å²) in [5.74, 6) is -4.20. The van der Waals surface area contributed by atoms with Gasteiger partial charge < -0.3 is 9.64 Å². The lowest BCUT2D eigenvalue weighted by Gasteiger charge is -2.41. The molecule has 252 valence electrons. The van der Waals surface area contributed by atoms with E-state index < -0.39 is 44.7 Å². The van der Waals surface area contributed by atoms with E-state index in [-0.39, 0.29) is 47.9 Å². The number of piperidine rings is 1. The molecule has 2 aromatic heterocycles. The lowest BCUT2D eigenvalue weighted by Crippen LogP contribution is -2.50. The van der Waals surface area contributed by atoms with Gasteiger partial charge in [0.15, 0.2) is 23.0 Å². The van der Waals surface area contributed by atoms with Gasteiger partial charge in [0.05, 0.1) is 17.2 Å². The van der Waals surface area contributed by atoms with E-state index in [1.165, 1.54) is 28.5 Å². The molecule has 2 atom stereocenters. The van der Waals surface area contributed by atoms with Gasteiger partial charge in [0.25, 0.3) is 0 Å². The van der Waals surface area contributed by atoms with Crippen LogP contribution in [0.4, 0.5) is 27.9 Å². The molecular formula is C33H31F5N6O3S. The number of hydrogen-bond acceptors (Lipinski definition) is 7. The second-order valence-electron chi connectivity index (χ2n) is 11.7. The third-order valence-electron chi connectivity index (χ3n) is 8.50. The Hall–Kier alpha value is -4.63. The summed E-state index contributed by atoms with van der Waals surface area (Å²) in [6.45, 7) is -0.207. The van der Waals surface area contributed by atoms with Crippen LogP contribution in [0, 0.1) is 11.6 Å². The Morgan fingerprint density at radius 3 is 2.31 bits per heavy atom. The van der Waals surface area contributed by atoms with Crippen LogP contribution in [0.2, 0.25) is 0 Å². The summed E-state index contributed by atoms with van der Waals surface area (Å²) in [6, 6.07) is 17.3. The smallest absolute Gasteiger partial charge is 0.419 e. The molecular weight excluding hydrogens is 655 g/mol. The van der Waals surface area contributed by atoms with Gasteiger partial charge in [-0.2, -0.15) is 27.6 Å². The molecule has 1 saturated heterocycles. The van der Waals surface area contributed by atoms with Crippen molar-refractivity contribution >= 4 is 27.0 Å². The molecule has 1 aliphatic heterocycles. The summed E-state index contributed by atoms with van der Waals surface area (Å²) in [7, 11) is -0.382. The first-order valence-electron chi connectivity index (χ1n) is 14.9. The maximum Gasteiger partial charge on any atom is 0.419 e. The van der Waals surface area contributed by atoms with Crippen LogP contribution in [0.1, 0.15) is 35.6 Å². The Bertz CT molecular complexity index is 2060. The highest BCUT2D eigenvalue weighted by Gasteiger charge is 2.39. The summed E-state index contributed by atoms with van der Waals surface area (Å²) in [5, 5.41) is 4.38. The maximum absolute atomic E-state index is 15.9. The van der Waals surface area contributed by atoms with Crippen molar-refractivity contribution < 1.29 is 35.1 Å². The summed E-state index contributed by atoms with van der Waals surface area (Å²) < 4.78 is 107. The Morgan fingerprint density at radius 2 is 1.67 bits per heavy atom. The number of ether oxygens (including phenoxy) is 1. The Kier molecular flexibility index (Phi) is 8.85. The largest absolute Gasteiger partial charge is 0.483 e. The molecule has 0 spiro atoms. The van der Waals surface area contributed by atoms with Crippen molar-refractivity contribution in [1.29, 1.82) is 0 Å². The molecule has 0 saturated carbocycles. The minimum absolute atomic E-state index is 0.118. The van der Waals surface area contributed by atoms with Crippen molar-refractivity contribution in [3.8, 4) is 17.0 Å². The zero-order chi connectivity index (χ0) is 34.4. The third kappa shape index (κ3) is 6.43. The van der Waals surface area contributed by atoms with E-state index in [2.05, 4.69) is 15.1 Å². The van der Waals surface area contributed by atoms with Crippen LogP contribution in [-0.2, 0) is 29.9 Å². The highest BCUT2D eigenvalue weighted by Crippen LogP contribution is 2.42. The molecule has 0 N–H and O–H groups in total. The van der Waals surface area contributed by atoms with Crippen molar-refractivity contribution in [3.63, 3.8) is 0 Å². The van der Waals surface area contributed by atoms with Crippen molar-refractivity contribution in [3.05, 3.63) is 101 Å². The fraction of sp³-hybridized carbons (Fsp3) is 0.303. The number of nitrogens with zero attached hydrogens (tertiary/aromatic N) is 6. The predicted molar refractivity (Wildman–Crippen MR) is 170 cm³/mol. The normalized spacial score (nSPS) is 17.5. The molecule has 0 bridgehead atoms. The van der Waals surface area contributed by atoms with Crippen molar-refractivity contribution in [2.24, 2.45) is 7.05 Å². The van der Waals surface area contributed by atoms with Gasteiger partial charge in [-0.25, -0.2) is 26.9 Å². The van der Waals surface area contributed by atoms with E-state index in [0.29, 0.717) is 24.5 Å². The average molecular weight is 687 g/mol. The first-order chi connectivity index (χ1) is 22.7. The van der Waals surface area contributed by atoms with Crippen LogP contribution >= 0.6 is 0 Å².